The molecule has 1 N–H and O–H groups in total. The number of amides is 2. The van der Waals surface area contributed by atoms with Gasteiger partial charge in [0.25, 0.3) is 11.1 Å². The minimum atomic E-state index is -0.843. The van der Waals surface area contributed by atoms with Crippen LogP contribution in [0.3, 0.4) is 0 Å². The van der Waals surface area contributed by atoms with Gasteiger partial charge in [-0.25, -0.2) is 14.1 Å². The van der Waals surface area contributed by atoms with E-state index in [2.05, 4.69) is 5.32 Å². The van der Waals surface area contributed by atoms with Gasteiger partial charge in [0.15, 0.2) is 5.37 Å². The maximum atomic E-state index is 13.0. The third kappa shape index (κ3) is 3.70. The molecule has 1 aliphatic heterocycles. The van der Waals surface area contributed by atoms with Crippen LogP contribution in [-0.4, -0.2) is 29.1 Å². The van der Waals surface area contributed by atoms with Gasteiger partial charge >= 0.3 is 5.97 Å². The Morgan fingerprint density at radius 2 is 1.96 bits per heavy atom. The number of ether oxygens (including phenoxy) is 1. The molecule has 1 fully saturated rings. The van der Waals surface area contributed by atoms with Gasteiger partial charge in [0, 0.05) is 5.69 Å². The van der Waals surface area contributed by atoms with Crippen LogP contribution in [0.4, 0.5) is 20.6 Å². The van der Waals surface area contributed by atoms with Crippen molar-refractivity contribution in [3.8, 4) is 0 Å². The Hall–Kier alpha value is -2.87. The standard InChI is InChI=1S/C18H15FN2O4S/c1-2-25-17(23)11-4-3-5-13(10-11)20-15-16(22)21(18(24)26-15)14-8-6-12(19)7-9-14/h3-10,15,20H,2H2,1H3/t15-/m1/s1. The maximum Gasteiger partial charge on any atom is 0.338 e. The molecular weight excluding hydrogens is 359 g/mol. The van der Waals surface area contributed by atoms with Gasteiger partial charge in [-0.3, -0.25) is 9.59 Å². The monoisotopic (exact) mass is 374 g/mol. The number of halogens is 1. The molecule has 0 unspecified atom stereocenters. The predicted octanol–water partition coefficient (Wildman–Crippen LogP) is 3.64. The van der Waals surface area contributed by atoms with E-state index >= 15 is 0 Å². The van der Waals surface area contributed by atoms with Crippen molar-refractivity contribution in [3.63, 3.8) is 0 Å². The molecule has 0 aromatic heterocycles. The average Bonchev–Trinajstić information content (AvgIpc) is 2.90. The first-order valence-electron chi connectivity index (χ1n) is 7.83. The van der Waals surface area contributed by atoms with Gasteiger partial charge in [-0.05, 0) is 61.2 Å². The Morgan fingerprint density at radius 1 is 1.23 bits per heavy atom. The summed E-state index contributed by atoms with van der Waals surface area (Å²) in [6.45, 7) is 1.97. The smallest absolute Gasteiger partial charge is 0.338 e. The highest BCUT2D eigenvalue weighted by Gasteiger charge is 2.40. The average molecular weight is 374 g/mol. The number of anilines is 2. The lowest BCUT2D eigenvalue weighted by molar-refractivity contribution is -0.116. The molecule has 6 nitrogen and oxygen atoms in total. The molecular formula is C18H15FN2O4S. The highest BCUT2D eigenvalue weighted by Crippen LogP contribution is 2.32. The SMILES string of the molecule is CCOC(=O)c1cccc(N[C@@H]2SC(=O)N(c3ccc(F)cc3)C2=O)c1. The predicted molar refractivity (Wildman–Crippen MR) is 96.7 cm³/mol. The van der Waals surface area contributed by atoms with E-state index < -0.39 is 28.3 Å². The van der Waals surface area contributed by atoms with E-state index in [9.17, 15) is 18.8 Å². The number of thioether (sulfide) groups is 1. The van der Waals surface area contributed by atoms with Crippen LogP contribution in [0.2, 0.25) is 0 Å². The summed E-state index contributed by atoms with van der Waals surface area (Å²) in [5.41, 5.74) is 1.16. The molecule has 0 radical (unpaired) electrons. The molecule has 3 rings (SSSR count). The van der Waals surface area contributed by atoms with E-state index in [1.165, 1.54) is 24.3 Å². The highest BCUT2D eigenvalue weighted by atomic mass is 32.2. The molecule has 0 bridgehead atoms. The first kappa shape index (κ1) is 17.9. The zero-order valence-electron chi connectivity index (χ0n) is 13.8. The molecule has 1 saturated heterocycles. The Bertz CT molecular complexity index is 857. The Balaban J connectivity index is 1.76. The third-order valence-corrected chi connectivity index (χ3v) is 4.54. The number of nitrogens with zero attached hydrogens (tertiary/aromatic N) is 1. The largest absolute Gasteiger partial charge is 0.462 e. The second-order valence-electron chi connectivity index (χ2n) is 5.36. The molecule has 0 aliphatic carbocycles. The van der Waals surface area contributed by atoms with E-state index in [4.69, 9.17) is 4.74 Å². The third-order valence-electron chi connectivity index (χ3n) is 3.60. The van der Waals surface area contributed by atoms with E-state index in [-0.39, 0.29) is 6.61 Å². The Labute approximate surface area is 153 Å². The van der Waals surface area contributed by atoms with E-state index in [0.29, 0.717) is 16.9 Å². The van der Waals surface area contributed by atoms with Gasteiger partial charge < -0.3 is 10.1 Å². The lowest BCUT2D eigenvalue weighted by atomic mass is 10.2. The van der Waals surface area contributed by atoms with Crippen molar-refractivity contribution in [1.29, 1.82) is 0 Å². The summed E-state index contributed by atoms with van der Waals surface area (Å²) in [6.07, 6.45) is 0. The van der Waals surface area contributed by atoms with Gasteiger partial charge in [0.1, 0.15) is 5.82 Å². The molecule has 2 aromatic carbocycles. The van der Waals surface area contributed by atoms with Crippen molar-refractivity contribution in [2.24, 2.45) is 0 Å². The summed E-state index contributed by atoms with van der Waals surface area (Å²) in [4.78, 5) is 37.6. The normalized spacial score (nSPS) is 16.7. The molecule has 0 spiro atoms. The number of esters is 1. The van der Waals surface area contributed by atoms with Crippen LogP contribution >= 0.6 is 11.8 Å². The van der Waals surface area contributed by atoms with E-state index in [1.807, 2.05) is 0 Å². The number of benzene rings is 2. The van der Waals surface area contributed by atoms with Gasteiger partial charge in [-0.15, -0.1) is 0 Å². The molecule has 1 heterocycles. The van der Waals surface area contributed by atoms with Crippen LogP contribution in [0, 0.1) is 5.82 Å². The highest BCUT2D eigenvalue weighted by molar-refractivity contribution is 8.16. The summed E-state index contributed by atoms with van der Waals surface area (Å²) in [5, 5.41) is 1.64. The molecule has 2 aromatic rings. The van der Waals surface area contributed by atoms with Crippen LogP contribution < -0.4 is 10.2 Å². The van der Waals surface area contributed by atoms with Crippen molar-refractivity contribution in [1.82, 2.24) is 0 Å². The van der Waals surface area contributed by atoms with Crippen LogP contribution in [0.25, 0.3) is 0 Å². The zero-order chi connectivity index (χ0) is 18.7. The van der Waals surface area contributed by atoms with Crippen LogP contribution in [-0.2, 0) is 9.53 Å². The number of carbonyl (C=O) groups excluding carboxylic acids is 3. The Morgan fingerprint density at radius 3 is 2.65 bits per heavy atom. The number of rotatable bonds is 5. The van der Waals surface area contributed by atoms with Crippen molar-refractivity contribution < 1.29 is 23.5 Å². The van der Waals surface area contributed by atoms with Crippen LogP contribution in [0.15, 0.2) is 48.5 Å². The number of carbonyl (C=O) groups is 3. The number of imide groups is 1. The fourth-order valence-corrected chi connectivity index (χ4v) is 3.33. The first-order valence-corrected chi connectivity index (χ1v) is 8.71. The van der Waals surface area contributed by atoms with E-state index in [1.54, 1.807) is 31.2 Å². The second kappa shape index (κ2) is 7.57. The maximum absolute atomic E-state index is 13.0. The van der Waals surface area contributed by atoms with Gasteiger partial charge in [-0.1, -0.05) is 6.07 Å². The van der Waals surface area contributed by atoms with Crippen molar-refractivity contribution in [2.45, 2.75) is 12.3 Å². The van der Waals surface area contributed by atoms with Gasteiger partial charge in [0.2, 0.25) is 0 Å². The molecule has 26 heavy (non-hydrogen) atoms. The summed E-state index contributed by atoms with van der Waals surface area (Å²) in [7, 11) is 0. The minimum Gasteiger partial charge on any atom is -0.462 e. The Kier molecular flexibility index (Phi) is 5.22. The molecule has 134 valence electrons. The molecule has 8 heteroatoms. The second-order valence-corrected chi connectivity index (χ2v) is 6.42. The number of hydrogen-bond acceptors (Lipinski definition) is 6. The topological polar surface area (TPSA) is 75.7 Å². The zero-order valence-corrected chi connectivity index (χ0v) is 14.6. The summed E-state index contributed by atoms with van der Waals surface area (Å²) in [6, 6.07) is 11.6. The minimum absolute atomic E-state index is 0.259. The van der Waals surface area contributed by atoms with Crippen molar-refractivity contribution >= 4 is 40.3 Å². The molecule has 2 amide bonds. The molecule has 1 atom stereocenters. The molecule has 0 saturated carbocycles. The fourth-order valence-electron chi connectivity index (χ4n) is 2.43. The first-order chi connectivity index (χ1) is 12.5. The lowest BCUT2D eigenvalue weighted by Crippen LogP contribution is -2.34. The van der Waals surface area contributed by atoms with Crippen LogP contribution in [0.5, 0.6) is 0 Å². The lowest BCUT2D eigenvalue weighted by Gasteiger charge is -2.15. The van der Waals surface area contributed by atoms with Crippen molar-refractivity contribution in [3.05, 3.63) is 59.9 Å². The number of nitrogens with one attached hydrogen (secondary N) is 1. The van der Waals surface area contributed by atoms with Crippen LogP contribution in [0.1, 0.15) is 17.3 Å². The number of hydrogen-bond donors (Lipinski definition) is 1. The molecule has 1 aliphatic rings. The summed E-state index contributed by atoms with van der Waals surface area (Å²) in [5.74, 6) is -1.38. The quantitative estimate of drug-likeness (QED) is 0.806. The van der Waals surface area contributed by atoms with E-state index in [0.717, 1.165) is 16.7 Å². The van der Waals surface area contributed by atoms with Gasteiger partial charge in [-0.2, -0.15) is 0 Å². The van der Waals surface area contributed by atoms with Gasteiger partial charge in [0.05, 0.1) is 17.9 Å². The summed E-state index contributed by atoms with van der Waals surface area (Å²) < 4.78 is 18.0. The fraction of sp³-hybridized carbons (Fsp3) is 0.167. The summed E-state index contributed by atoms with van der Waals surface area (Å²) >= 11 is 0.817. The van der Waals surface area contributed by atoms with Crippen molar-refractivity contribution in [2.75, 3.05) is 16.8 Å².